The Bertz CT molecular complexity index is 571. The van der Waals surface area contributed by atoms with Crippen LogP contribution in [0, 0.1) is 5.92 Å². The Kier molecular flexibility index (Phi) is 2.68. The molecule has 2 N–H and O–H groups in total. The quantitative estimate of drug-likeness (QED) is 0.567. The lowest BCUT2D eigenvalue weighted by molar-refractivity contribution is -0.151. The number of hydrogen-bond acceptors (Lipinski definition) is 7. The van der Waals surface area contributed by atoms with Crippen LogP contribution in [0.4, 0.5) is 4.79 Å². The van der Waals surface area contributed by atoms with Crippen LogP contribution in [0.25, 0.3) is 5.03 Å². The molecule has 100 valence electrons. The first kappa shape index (κ1) is 12.0. The van der Waals surface area contributed by atoms with E-state index in [0.29, 0.717) is 5.03 Å². The first-order valence-corrected chi connectivity index (χ1v) is 6.12. The van der Waals surface area contributed by atoms with Gasteiger partial charge in [-0.25, -0.2) is 14.5 Å². The molecular weight excluding hydrogens is 276 g/mol. The summed E-state index contributed by atoms with van der Waals surface area (Å²) >= 11 is 1.20. The van der Waals surface area contributed by atoms with Crippen molar-refractivity contribution < 1.29 is 24.5 Å². The van der Waals surface area contributed by atoms with Gasteiger partial charge >= 0.3 is 6.16 Å². The molecule has 2 aliphatic rings. The van der Waals surface area contributed by atoms with E-state index in [1.165, 1.54) is 34.0 Å². The van der Waals surface area contributed by atoms with E-state index in [2.05, 4.69) is 14.8 Å². The number of thioether (sulfide) groups is 1. The largest absolute Gasteiger partial charge is 0.512 e. The monoisotopic (exact) mass is 284 g/mol. The van der Waals surface area contributed by atoms with Gasteiger partial charge in [-0.05, 0) is 0 Å². The van der Waals surface area contributed by atoms with Crippen LogP contribution in [-0.4, -0.2) is 53.9 Å². The molecular formula is C9H8N4O5S. The minimum Gasteiger partial charge on any atom is -0.449 e. The van der Waals surface area contributed by atoms with E-state index in [9.17, 15) is 9.59 Å². The van der Waals surface area contributed by atoms with Gasteiger partial charge < -0.3 is 14.9 Å². The fraction of sp³-hybridized carbons (Fsp3) is 0.333. The highest BCUT2D eigenvalue weighted by atomic mass is 32.2. The fourth-order valence-corrected chi connectivity index (χ4v) is 3.29. The summed E-state index contributed by atoms with van der Waals surface area (Å²) in [6.07, 6.45) is 1.14. The van der Waals surface area contributed by atoms with E-state index >= 15 is 0 Å². The molecule has 0 aliphatic carbocycles. The third-order valence-electron chi connectivity index (χ3n) is 2.79. The molecule has 19 heavy (non-hydrogen) atoms. The van der Waals surface area contributed by atoms with E-state index in [1.807, 2.05) is 0 Å². The maximum Gasteiger partial charge on any atom is 0.512 e. The Morgan fingerprint density at radius 3 is 2.95 bits per heavy atom. The number of aliphatic hydroxyl groups excluding tert-OH is 1. The molecule has 1 aromatic heterocycles. The number of amides is 1. The predicted molar refractivity (Wildman–Crippen MR) is 61.1 cm³/mol. The van der Waals surface area contributed by atoms with Gasteiger partial charge in [-0.3, -0.25) is 9.69 Å². The van der Waals surface area contributed by atoms with Gasteiger partial charge in [0.1, 0.15) is 18.0 Å². The van der Waals surface area contributed by atoms with Crippen LogP contribution in [0.3, 0.4) is 0 Å². The van der Waals surface area contributed by atoms with Crippen LogP contribution in [0.5, 0.6) is 0 Å². The number of carbonyl (C=O) groups excluding carboxylic acids is 1. The van der Waals surface area contributed by atoms with Crippen molar-refractivity contribution in [3.05, 3.63) is 18.5 Å². The lowest BCUT2D eigenvalue weighted by atomic mass is 10.00. The molecule has 0 aromatic carbocycles. The lowest BCUT2D eigenvalue weighted by Crippen LogP contribution is -2.58. The SMILES string of the molecule is O=C(O)OC1=C(n2cncn2)S[C@@H]2[C@@H](CO)C(=O)N12. The summed E-state index contributed by atoms with van der Waals surface area (Å²) in [6.45, 7) is -0.294. The maximum atomic E-state index is 11.8. The highest BCUT2D eigenvalue weighted by Crippen LogP contribution is 2.50. The molecule has 0 unspecified atom stereocenters. The van der Waals surface area contributed by atoms with Crippen molar-refractivity contribution in [2.75, 3.05) is 6.61 Å². The van der Waals surface area contributed by atoms with Gasteiger partial charge in [-0.1, -0.05) is 11.8 Å². The smallest absolute Gasteiger partial charge is 0.449 e. The highest BCUT2D eigenvalue weighted by Gasteiger charge is 2.56. The molecule has 10 heteroatoms. The average molecular weight is 284 g/mol. The molecule has 0 saturated carbocycles. The number of hydrogen-bond donors (Lipinski definition) is 2. The minimum atomic E-state index is -1.52. The number of nitrogens with zero attached hydrogens (tertiary/aromatic N) is 4. The van der Waals surface area contributed by atoms with Crippen molar-refractivity contribution in [2.45, 2.75) is 5.37 Å². The Morgan fingerprint density at radius 1 is 1.58 bits per heavy atom. The summed E-state index contributed by atoms with van der Waals surface area (Å²) < 4.78 is 5.98. The first-order chi connectivity index (χ1) is 9.13. The van der Waals surface area contributed by atoms with E-state index in [4.69, 9.17) is 10.2 Å². The van der Waals surface area contributed by atoms with Gasteiger partial charge in [-0.2, -0.15) is 5.10 Å². The van der Waals surface area contributed by atoms with E-state index < -0.39 is 12.1 Å². The number of rotatable bonds is 3. The standard InChI is InChI=1S/C9H8N4O5S/c14-1-4-5(15)13-6(18-9(16)17)8(19-7(4)13)12-3-10-2-11-12/h2-4,7,14H,1H2,(H,16,17)/t4-,7+/m0/s1. The summed E-state index contributed by atoms with van der Waals surface area (Å²) in [5.41, 5.74) is 0. The van der Waals surface area contributed by atoms with Gasteiger partial charge in [0.2, 0.25) is 11.8 Å². The second-order valence-electron chi connectivity index (χ2n) is 3.82. The van der Waals surface area contributed by atoms with E-state index in [0.717, 1.165) is 0 Å². The van der Waals surface area contributed by atoms with Gasteiger partial charge in [0.15, 0.2) is 5.03 Å². The van der Waals surface area contributed by atoms with Crippen molar-refractivity contribution in [3.8, 4) is 0 Å². The summed E-state index contributed by atoms with van der Waals surface area (Å²) in [7, 11) is 0. The number of ether oxygens (including phenoxy) is 1. The third-order valence-corrected chi connectivity index (χ3v) is 4.16. The molecule has 9 nitrogen and oxygen atoms in total. The molecule has 1 saturated heterocycles. The van der Waals surface area contributed by atoms with Gasteiger partial charge in [-0.15, -0.1) is 0 Å². The molecule has 2 aliphatic heterocycles. The predicted octanol–water partition coefficient (Wildman–Crippen LogP) is -0.420. The van der Waals surface area contributed by atoms with Gasteiger partial charge in [0.05, 0.1) is 12.5 Å². The molecule has 0 spiro atoms. The molecule has 3 heterocycles. The number of carbonyl (C=O) groups is 2. The van der Waals surface area contributed by atoms with Crippen LogP contribution in [0.15, 0.2) is 18.5 Å². The molecule has 3 rings (SSSR count). The van der Waals surface area contributed by atoms with Crippen molar-refractivity contribution in [1.82, 2.24) is 19.7 Å². The number of β-lactam (4-membered cyclic amide) rings is 1. The number of aromatic nitrogens is 3. The first-order valence-electron chi connectivity index (χ1n) is 5.24. The van der Waals surface area contributed by atoms with Crippen LogP contribution >= 0.6 is 11.8 Å². The van der Waals surface area contributed by atoms with Crippen molar-refractivity contribution in [1.29, 1.82) is 0 Å². The Labute approximate surface area is 110 Å². The molecule has 1 fully saturated rings. The lowest BCUT2D eigenvalue weighted by Gasteiger charge is -2.40. The summed E-state index contributed by atoms with van der Waals surface area (Å²) in [5.74, 6) is -1.02. The van der Waals surface area contributed by atoms with Crippen molar-refractivity contribution in [2.24, 2.45) is 5.92 Å². The van der Waals surface area contributed by atoms with Crippen LogP contribution < -0.4 is 0 Å². The number of aliphatic hydroxyl groups is 1. The zero-order valence-corrected chi connectivity index (χ0v) is 10.1. The Hall–Kier alpha value is -2.07. The van der Waals surface area contributed by atoms with Crippen molar-refractivity contribution in [3.63, 3.8) is 0 Å². The van der Waals surface area contributed by atoms with E-state index in [-0.39, 0.29) is 23.8 Å². The summed E-state index contributed by atoms with van der Waals surface area (Å²) in [4.78, 5) is 27.5. The van der Waals surface area contributed by atoms with Gasteiger partial charge in [0, 0.05) is 0 Å². The third kappa shape index (κ3) is 1.68. The van der Waals surface area contributed by atoms with Crippen LogP contribution in [-0.2, 0) is 9.53 Å². The second-order valence-corrected chi connectivity index (χ2v) is 4.93. The minimum absolute atomic E-state index is 0.0947. The molecule has 2 atom stereocenters. The topological polar surface area (TPSA) is 118 Å². The normalized spacial score (nSPS) is 25.3. The van der Waals surface area contributed by atoms with Crippen molar-refractivity contribution >= 4 is 28.9 Å². The van der Waals surface area contributed by atoms with E-state index in [1.54, 1.807) is 0 Å². The van der Waals surface area contributed by atoms with Gasteiger partial charge in [0.25, 0.3) is 0 Å². The molecule has 0 bridgehead atoms. The maximum absolute atomic E-state index is 11.8. The Morgan fingerprint density at radius 2 is 2.37 bits per heavy atom. The second kappa shape index (κ2) is 4.24. The number of fused-ring (bicyclic) bond motifs is 1. The highest BCUT2D eigenvalue weighted by molar-refractivity contribution is 8.08. The summed E-state index contributed by atoms with van der Waals surface area (Å²) in [5, 5.41) is 21.7. The number of carboxylic acid groups (broad SMARTS) is 1. The van der Waals surface area contributed by atoms with Crippen LogP contribution in [0.1, 0.15) is 0 Å². The fourth-order valence-electron chi connectivity index (χ4n) is 1.95. The Balaban J connectivity index is 1.98. The molecule has 1 amide bonds. The average Bonchev–Trinajstić information content (AvgIpc) is 2.94. The zero-order valence-electron chi connectivity index (χ0n) is 9.33. The molecule has 1 aromatic rings. The van der Waals surface area contributed by atoms with Crippen LogP contribution in [0.2, 0.25) is 0 Å². The summed E-state index contributed by atoms with van der Waals surface area (Å²) in [6, 6.07) is 0. The zero-order chi connectivity index (χ0) is 13.6. The molecule has 0 radical (unpaired) electrons.